The van der Waals surface area contributed by atoms with Gasteiger partial charge in [0.15, 0.2) is 0 Å². The summed E-state index contributed by atoms with van der Waals surface area (Å²) >= 11 is 0. The van der Waals surface area contributed by atoms with Gasteiger partial charge in [0.2, 0.25) is 0 Å². The van der Waals surface area contributed by atoms with E-state index in [2.05, 4.69) is 48.1 Å². The molecule has 106 valence electrons. The molecule has 2 heterocycles. The maximum absolute atomic E-state index is 4.31. The highest BCUT2D eigenvalue weighted by molar-refractivity contribution is 5.48. The van der Waals surface area contributed by atoms with Crippen molar-refractivity contribution in [3.63, 3.8) is 0 Å². The molecule has 1 saturated heterocycles. The molecule has 1 aromatic rings. The van der Waals surface area contributed by atoms with E-state index in [1.54, 1.807) is 0 Å². The number of rotatable bonds is 5. The molecule has 0 bridgehead atoms. The number of nitrogens with zero attached hydrogens (tertiary/aromatic N) is 2. The third-order valence-corrected chi connectivity index (χ3v) is 4.05. The van der Waals surface area contributed by atoms with E-state index < -0.39 is 0 Å². The molecule has 0 aliphatic carbocycles. The second kappa shape index (κ2) is 6.90. The first-order valence-corrected chi connectivity index (χ1v) is 7.65. The van der Waals surface area contributed by atoms with E-state index in [9.17, 15) is 0 Å². The van der Waals surface area contributed by atoms with Crippen LogP contribution in [0.5, 0.6) is 0 Å². The van der Waals surface area contributed by atoms with Gasteiger partial charge in [-0.25, -0.2) is 0 Å². The topological polar surface area (TPSA) is 28.2 Å². The average molecular weight is 261 g/mol. The van der Waals surface area contributed by atoms with Gasteiger partial charge in [-0.3, -0.25) is 4.98 Å². The quantitative estimate of drug-likeness (QED) is 0.882. The number of hydrogen-bond acceptors (Lipinski definition) is 3. The van der Waals surface area contributed by atoms with E-state index in [-0.39, 0.29) is 0 Å². The Morgan fingerprint density at radius 1 is 1.47 bits per heavy atom. The van der Waals surface area contributed by atoms with E-state index in [0.29, 0.717) is 12.1 Å². The number of nitrogens with one attached hydrogen (secondary N) is 1. The summed E-state index contributed by atoms with van der Waals surface area (Å²) in [5.74, 6) is 0. The molecule has 3 heteroatoms. The van der Waals surface area contributed by atoms with Crippen LogP contribution in [0.4, 0.5) is 5.69 Å². The maximum atomic E-state index is 4.31. The molecule has 2 rings (SSSR count). The Hall–Kier alpha value is -1.09. The number of pyridine rings is 1. The lowest BCUT2D eigenvalue weighted by molar-refractivity contribution is 0.368. The Morgan fingerprint density at radius 3 is 3.05 bits per heavy atom. The fraction of sp³-hybridized carbons (Fsp3) is 0.688. The molecule has 0 spiro atoms. The summed E-state index contributed by atoms with van der Waals surface area (Å²) in [6.07, 6.45) is 7.08. The van der Waals surface area contributed by atoms with Crippen molar-refractivity contribution in [3.05, 3.63) is 24.0 Å². The summed E-state index contributed by atoms with van der Waals surface area (Å²) in [6.45, 7) is 8.91. The highest BCUT2D eigenvalue weighted by Gasteiger charge is 2.27. The Labute approximate surface area is 117 Å². The molecule has 1 fully saturated rings. The van der Waals surface area contributed by atoms with Gasteiger partial charge < -0.3 is 10.2 Å². The van der Waals surface area contributed by atoms with Crippen LogP contribution in [0.2, 0.25) is 0 Å². The molecule has 2 unspecified atom stereocenters. The van der Waals surface area contributed by atoms with Crippen molar-refractivity contribution in [2.45, 2.75) is 58.5 Å². The van der Waals surface area contributed by atoms with Crippen LogP contribution in [0.15, 0.2) is 18.3 Å². The second-order valence-corrected chi connectivity index (χ2v) is 5.65. The highest BCUT2D eigenvalue weighted by atomic mass is 15.2. The van der Waals surface area contributed by atoms with Gasteiger partial charge >= 0.3 is 0 Å². The van der Waals surface area contributed by atoms with Crippen molar-refractivity contribution in [1.29, 1.82) is 0 Å². The first-order chi connectivity index (χ1) is 9.22. The lowest BCUT2D eigenvalue weighted by atomic mass is 9.95. The molecular weight excluding hydrogens is 234 g/mol. The van der Waals surface area contributed by atoms with Gasteiger partial charge in [-0.1, -0.05) is 6.92 Å². The van der Waals surface area contributed by atoms with E-state index in [1.165, 1.54) is 37.9 Å². The third-order valence-electron chi connectivity index (χ3n) is 4.05. The zero-order valence-corrected chi connectivity index (χ0v) is 12.5. The Bertz CT molecular complexity index is 391. The number of aromatic nitrogens is 1. The van der Waals surface area contributed by atoms with Crippen molar-refractivity contribution in [2.75, 3.05) is 18.0 Å². The van der Waals surface area contributed by atoms with Crippen LogP contribution in [0.3, 0.4) is 0 Å². The average Bonchev–Trinajstić information content (AvgIpc) is 2.45. The minimum absolute atomic E-state index is 0.550. The molecule has 1 aliphatic rings. The van der Waals surface area contributed by atoms with Gasteiger partial charge in [0.05, 0.1) is 0 Å². The fourth-order valence-electron chi connectivity index (χ4n) is 3.02. The Morgan fingerprint density at radius 2 is 2.32 bits per heavy atom. The second-order valence-electron chi connectivity index (χ2n) is 5.65. The Kier molecular flexibility index (Phi) is 5.20. The van der Waals surface area contributed by atoms with E-state index >= 15 is 0 Å². The van der Waals surface area contributed by atoms with Crippen LogP contribution < -0.4 is 10.2 Å². The smallest absolute Gasteiger partial charge is 0.0440 e. The lowest BCUT2D eigenvalue weighted by Crippen LogP contribution is -2.51. The Balaban J connectivity index is 2.11. The maximum Gasteiger partial charge on any atom is 0.0440 e. The van der Waals surface area contributed by atoms with Gasteiger partial charge in [0.1, 0.15) is 0 Å². The van der Waals surface area contributed by atoms with Crippen molar-refractivity contribution >= 4 is 5.69 Å². The zero-order chi connectivity index (χ0) is 13.7. The van der Waals surface area contributed by atoms with Gasteiger partial charge in [0.25, 0.3) is 0 Å². The minimum Gasteiger partial charge on any atom is -0.367 e. The van der Waals surface area contributed by atoms with Crippen molar-refractivity contribution in [2.24, 2.45) is 0 Å². The van der Waals surface area contributed by atoms with Crippen LogP contribution in [0, 0.1) is 6.92 Å². The summed E-state index contributed by atoms with van der Waals surface area (Å²) in [5, 5.41) is 3.66. The molecule has 2 atom stereocenters. The SMILES string of the molecule is CCCNC(C)C1CCCCN1c1ccnc(C)c1. The normalized spacial score (nSPS) is 21.4. The van der Waals surface area contributed by atoms with Gasteiger partial charge in [-0.05, 0) is 58.2 Å². The third kappa shape index (κ3) is 3.69. The summed E-state index contributed by atoms with van der Waals surface area (Å²) in [7, 11) is 0. The molecule has 19 heavy (non-hydrogen) atoms. The van der Waals surface area contributed by atoms with Crippen molar-refractivity contribution in [1.82, 2.24) is 10.3 Å². The lowest BCUT2D eigenvalue weighted by Gasteiger charge is -2.41. The summed E-state index contributed by atoms with van der Waals surface area (Å²) in [6, 6.07) is 5.53. The van der Waals surface area contributed by atoms with E-state index in [0.717, 1.165) is 12.2 Å². The van der Waals surface area contributed by atoms with Crippen LogP contribution in [-0.4, -0.2) is 30.2 Å². The van der Waals surface area contributed by atoms with Crippen LogP contribution >= 0.6 is 0 Å². The van der Waals surface area contributed by atoms with Gasteiger partial charge in [-0.2, -0.15) is 0 Å². The standard InChI is InChI=1S/C16H27N3/c1-4-9-18-14(3)16-7-5-6-11-19(16)15-8-10-17-13(2)12-15/h8,10,12,14,16,18H,4-7,9,11H2,1-3H3. The van der Waals surface area contributed by atoms with E-state index in [1.807, 2.05) is 6.20 Å². The van der Waals surface area contributed by atoms with Crippen molar-refractivity contribution < 1.29 is 0 Å². The molecule has 0 radical (unpaired) electrons. The minimum atomic E-state index is 0.550. The summed E-state index contributed by atoms with van der Waals surface area (Å²) < 4.78 is 0. The number of piperidine rings is 1. The molecule has 1 aromatic heterocycles. The monoisotopic (exact) mass is 261 g/mol. The summed E-state index contributed by atoms with van der Waals surface area (Å²) in [5.41, 5.74) is 2.44. The molecule has 0 saturated carbocycles. The largest absolute Gasteiger partial charge is 0.367 e. The number of aryl methyl sites for hydroxylation is 1. The van der Waals surface area contributed by atoms with Crippen LogP contribution in [-0.2, 0) is 0 Å². The number of hydrogen-bond donors (Lipinski definition) is 1. The fourth-order valence-corrected chi connectivity index (χ4v) is 3.02. The predicted molar refractivity (Wildman–Crippen MR) is 81.7 cm³/mol. The molecule has 1 N–H and O–H groups in total. The molecule has 3 nitrogen and oxygen atoms in total. The summed E-state index contributed by atoms with van der Waals surface area (Å²) in [4.78, 5) is 6.89. The molecule has 1 aliphatic heterocycles. The molecular formula is C16H27N3. The zero-order valence-electron chi connectivity index (χ0n) is 12.5. The van der Waals surface area contributed by atoms with Gasteiger partial charge in [-0.15, -0.1) is 0 Å². The predicted octanol–water partition coefficient (Wildman–Crippen LogP) is 3.14. The highest BCUT2D eigenvalue weighted by Crippen LogP contribution is 2.26. The van der Waals surface area contributed by atoms with E-state index in [4.69, 9.17) is 0 Å². The van der Waals surface area contributed by atoms with Crippen molar-refractivity contribution in [3.8, 4) is 0 Å². The molecule has 0 amide bonds. The van der Waals surface area contributed by atoms with Gasteiger partial charge in [0, 0.05) is 36.2 Å². The first-order valence-electron chi connectivity index (χ1n) is 7.65. The van der Waals surface area contributed by atoms with Crippen LogP contribution in [0.1, 0.15) is 45.2 Å². The molecule has 0 aromatic carbocycles. The first kappa shape index (κ1) is 14.3. The van der Waals surface area contributed by atoms with Crippen LogP contribution in [0.25, 0.3) is 0 Å². The number of anilines is 1.